The van der Waals surface area contributed by atoms with Crippen molar-refractivity contribution in [2.24, 2.45) is 5.92 Å². The Kier molecular flexibility index (Phi) is 5.16. The highest BCUT2D eigenvalue weighted by molar-refractivity contribution is 6.32. The number of benzene rings is 1. The van der Waals surface area contributed by atoms with Crippen molar-refractivity contribution in [3.05, 3.63) is 17.2 Å². The van der Waals surface area contributed by atoms with E-state index in [0.717, 1.165) is 31.1 Å². The van der Waals surface area contributed by atoms with Gasteiger partial charge in [0, 0.05) is 18.7 Å². The first-order valence-corrected chi connectivity index (χ1v) is 6.98. The van der Waals surface area contributed by atoms with Crippen LogP contribution < -0.4 is 20.1 Å². The summed E-state index contributed by atoms with van der Waals surface area (Å²) in [5.41, 5.74) is 0.925. The van der Waals surface area contributed by atoms with Crippen LogP contribution >= 0.6 is 11.6 Å². The maximum Gasteiger partial charge on any atom is 0.143 e. The molecule has 4 nitrogen and oxygen atoms in total. The number of piperidine rings is 1. The third-order valence-electron chi connectivity index (χ3n) is 3.45. The predicted molar refractivity (Wildman–Crippen MR) is 78.6 cm³/mol. The van der Waals surface area contributed by atoms with Gasteiger partial charge in [0.15, 0.2) is 0 Å². The van der Waals surface area contributed by atoms with E-state index in [0.29, 0.717) is 16.7 Å². The van der Waals surface area contributed by atoms with Crippen LogP contribution in [0.4, 0.5) is 5.69 Å². The standard InChI is InChI=1S/C14H21ClN2O2/c1-18-13-7-12(14(19-2)6-11(13)15)17-9-10-4-3-5-16-8-10/h6-7,10,16-17H,3-5,8-9H2,1-2H3. The fraction of sp³-hybridized carbons (Fsp3) is 0.571. The van der Waals surface area contributed by atoms with E-state index in [-0.39, 0.29) is 0 Å². The summed E-state index contributed by atoms with van der Waals surface area (Å²) in [4.78, 5) is 0. The SMILES string of the molecule is COc1cc(NCC2CCCNC2)c(OC)cc1Cl. The summed E-state index contributed by atoms with van der Waals surface area (Å²) in [6.45, 7) is 3.13. The topological polar surface area (TPSA) is 42.5 Å². The van der Waals surface area contributed by atoms with Crippen LogP contribution in [0.1, 0.15) is 12.8 Å². The third-order valence-corrected chi connectivity index (χ3v) is 3.75. The molecule has 1 aromatic rings. The number of hydrogen-bond donors (Lipinski definition) is 2. The molecule has 0 spiro atoms. The second-order valence-corrected chi connectivity index (χ2v) is 5.19. The van der Waals surface area contributed by atoms with Crippen molar-refractivity contribution < 1.29 is 9.47 Å². The Morgan fingerprint density at radius 3 is 2.74 bits per heavy atom. The van der Waals surface area contributed by atoms with Crippen molar-refractivity contribution in [1.29, 1.82) is 0 Å². The molecule has 1 saturated heterocycles. The molecule has 1 fully saturated rings. The molecule has 19 heavy (non-hydrogen) atoms. The van der Waals surface area contributed by atoms with Gasteiger partial charge in [-0.05, 0) is 31.8 Å². The lowest BCUT2D eigenvalue weighted by molar-refractivity contribution is 0.389. The second-order valence-electron chi connectivity index (χ2n) is 4.78. The second kappa shape index (κ2) is 6.87. The smallest absolute Gasteiger partial charge is 0.143 e. The molecule has 1 heterocycles. The van der Waals surface area contributed by atoms with E-state index in [1.165, 1.54) is 12.8 Å². The zero-order valence-electron chi connectivity index (χ0n) is 11.5. The van der Waals surface area contributed by atoms with E-state index >= 15 is 0 Å². The van der Waals surface area contributed by atoms with E-state index in [4.69, 9.17) is 21.1 Å². The summed E-state index contributed by atoms with van der Waals surface area (Å²) in [5, 5.41) is 7.41. The van der Waals surface area contributed by atoms with E-state index in [9.17, 15) is 0 Å². The Morgan fingerprint density at radius 1 is 1.32 bits per heavy atom. The summed E-state index contributed by atoms with van der Waals surface area (Å²) in [6.07, 6.45) is 2.50. The molecule has 2 N–H and O–H groups in total. The Balaban J connectivity index is 2.05. The van der Waals surface area contributed by atoms with E-state index in [2.05, 4.69) is 10.6 Å². The normalized spacial score (nSPS) is 19.0. The van der Waals surface area contributed by atoms with Crippen LogP contribution in [-0.4, -0.2) is 33.9 Å². The molecule has 0 bridgehead atoms. The fourth-order valence-corrected chi connectivity index (χ4v) is 2.58. The summed E-state index contributed by atoms with van der Waals surface area (Å²) < 4.78 is 10.6. The van der Waals surface area contributed by atoms with E-state index in [1.54, 1.807) is 20.3 Å². The molecule has 0 radical (unpaired) electrons. The average molecular weight is 285 g/mol. The number of methoxy groups -OCH3 is 2. The number of hydrogen-bond acceptors (Lipinski definition) is 4. The van der Waals surface area contributed by atoms with Crippen molar-refractivity contribution in [2.45, 2.75) is 12.8 Å². The fourth-order valence-electron chi connectivity index (χ4n) is 2.35. The lowest BCUT2D eigenvalue weighted by Crippen LogP contribution is -2.33. The largest absolute Gasteiger partial charge is 0.495 e. The van der Waals surface area contributed by atoms with Gasteiger partial charge in [0.1, 0.15) is 11.5 Å². The highest BCUT2D eigenvalue weighted by atomic mass is 35.5. The first kappa shape index (κ1) is 14.3. The maximum absolute atomic E-state index is 6.09. The molecule has 1 aliphatic rings. The average Bonchev–Trinajstić information content (AvgIpc) is 2.46. The van der Waals surface area contributed by atoms with Crippen LogP contribution in [-0.2, 0) is 0 Å². The molecule has 0 saturated carbocycles. The van der Waals surface area contributed by atoms with Crippen molar-refractivity contribution in [1.82, 2.24) is 5.32 Å². The molecular weight excluding hydrogens is 264 g/mol. The Hall–Kier alpha value is -1.13. The Labute approximate surface area is 119 Å². The van der Waals surface area contributed by atoms with Crippen LogP contribution in [0.25, 0.3) is 0 Å². The summed E-state index contributed by atoms with van der Waals surface area (Å²) in [5.74, 6) is 2.06. The van der Waals surface area contributed by atoms with Gasteiger partial charge in [0.25, 0.3) is 0 Å². The minimum absolute atomic E-state index is 0.559. The van der Waals surface area contributed by atoms with Crippen LogP contribution in [0.15, 0.2) is 12.1 Å². The number of anilines is 1. The molecule has 0 amide bonds. The molecule has 2 rings (SSSR count). The van der Waals surface area contributed by atoms with Crippen molar-refractivity contribution in [3.63, 3.8) is 0 Å². The molecule has 106 valence electrons. The van der Waals surface area contributed by atoms with Gasteiger partial charge in [-0.15, -0.1) is 0 Å². The highest BCUT2D eigenvalue weighted by Crippen LogP contribution is 2.36. The molecule has 1 atom stereocenters. The number of rotatable bonds is 5. The van der Waals surface area contributed by atoms with Gasteiger partial charge in [0.2, 0.25) is 0 Å². The van der Waals surface area contributed by atoms with Gasteiger partial charge < -0.3 is 20.1 Å². The first-order chi connectivity index (χ1) is 9.24. The summed E-state index contributed by atoms with van der Waals surface area (Å²) in [6, 6.07) is 3.67. The predicted octanol–water partition coefficient (Wildman–Crippen LogP) is 2.77. The Morgan fingerprint density at radius 2 is 2.11 bits per heavy atom. The van der Waals surface area contributed by atoms with Gasteiger partial charge in [-0.2, -0.15) is 0 Å². The van der Waals surface area contributed by atoms with Crippen molar-refractivity contribution in [3.8, 4) is 11.5 Å². The van der Waals surface area contributed by atoms with Crippen LogP contribution in [0.3, 0.4) is 0 Å². The van der Waals surface area contributed by atoms with E-state index in [1.807, 2.05) is 6.07 Å². The third kappa shape index (κ3) is 3.67. The van der Waals surface area contributed by atoms with Gasteiger partial charge in [-0.25, -0.2) is 0 Å². The minimum atomic E-state index is 0.559. The van der Waals surface area contributed by atoms with Gasteiger partial charge >= 0.3 is 0 Å². The molecule has 1 unspecified atom stereocenters. The lowest BCUT2D eigenvalue weighted by atomic mass is 10.00. The zero-order chi connectivity index (χ0) is 13.7. The molecule has 0 aromatic heterocycles. The van der Waals surface area contributed by atoms with Gasteiger partial charge in [-0.1, -0.05) is 11.6 Å². The highest BCUT2D eigenvalue weighted by Gasteiger charge is 2.15. The number of halogens is 1. The molecule has 1 aliphatic heterocycles. The number of ether oxygens (including phenoxy) is 2. The molecule has 1 aromatic carbocycles. The van der Waals surface area contributed by atoms with Crippen LogP contribution in [0.2, 0.25) is 5.02 Å². The number of nitrogens with one attached hydrogen (secondary N) is 2. The summed E-state index contributed by atoms with van der Waals surface area (Å²) >= 11 is 6.09. The molecule has 5 heteroatoms. The molecule has 0 aliphatic carbocycles. The quantitative estimate of drug-likeness (QED) is 0.872. The zero-order valence-corrected chi connectivity index (χ0v) is 12.2. The van der Waals surface area contributed by atoms with Gasteiger partial charge in [0.05, 0.1) is 24.9 Å². The van der Waals surface area contributed by atoms with Crippen LogP contribution in [0.5, 0.6) is 11.5 Å². The van der Waals surface area contributed by atoms with Gasteiger partial charge in [-0.3, -0.25) is 0 Å². The first-order valence-electron chi connectivity index (χ1n) is 6.60. The van der Waals surface area contributed by atoms with Crippen molar-refractivity contribution >= 4 is 17.3 Å². The van der Waals surface area contributed by atoms with E-state index < -0.39 is 0 Å². The molecular formula is C14H21ClN2O2. The minimum Gasteiger partial charge on any atom is -0.495 e. The monoisotopic (exact) mass is 284 g/mol. The lowest BCUT2D eigenvalue weighted by Gasteiger charge is -2.24. The van der Waals surface area contributed by atoms with Crippen molar-refractivity contribution in [2.75, 3.05) is 39.2 Å². The summed E-state index contributed by atoms with van der Waals surface area (Å²) in [7, 11) is 3.26. The van der Waals surface area contributed by atoms with Crippen LogP contribution in [0, 0.1) is 5.92 Å². The Bertz CT molecular complexity index is 420. The maximum atomic E-state index is 6.09.